The second kappa shape index (κ2) is 7.31. The molecule has 0 unspecified atom stereocenters. The van der Waals surface area contributed by atoms with Gasteiger partial charge in [0, 0.05) is 17.5 Å². The molecule has 2 aromatic heterocycles. The number of nitrogens with zero attached hydrogens (tertiary/aromatic N) is 4. The van der Waals surface area contributed by atoms with Crippen molar-refractivity contribution in [2.24, 2.45) is 5.92 Å². The monoisotopic (exact) mass is 402 g/mol. The summed E-state index contributed by atoms with van der Waals surface area (Å²) in [5.74, 6) is -0.455. The van der Waals surface area contributed by atoms with Crippen LogP contribution in [0.4, 0.5) is 0 Å². The van der Waals surface area contributed by atoms with Gasteiger partial charge >= 0.3 is 5.97 Å². The smallest absolute Gasteiger partial charge is 0.326 e. The SMILES string of the molecule is CCOC(=O)Cn1c2c(c(=O)n3nc(C(C)(C)C)cc13)CN([C@@H](C)C(C)C)C2=O. The van der Waals surface area contributed by atoms with E-state index in [0.29, 0.717) is 11.2 Å². The Morgan fingerprint density at radius 3 is 2.45 bits per heavy atom. The lowest BCUT2D eigenvalue weighted by atomic mass is 9.93. The zero-order valence-electron chi connectivity index (χ0n) is 18.3. The van der Waals surface area contributed by atoms with Crippen LogP contribution in [0.25, 0.3) is 5.65 Å². The van der Waals surface area contributed by atoms with E-state index in [1.165, 1.54) is 4.52 Å². The Kier molecular flexibility index (Phi) is 5.32. The minimum absolute atomic E-state index is 0.0391. The average Bonchev–Trinajstić information content (AvgIpc) is 3.21. The van der Waals surface area contributed by atoms with Crippen molar-refractivity contribution in [3.8, 4) is 0 Å². The van der Waals surface area contributed by atoms with E-state index in [1.54, 1.807) is 22.5 Å². The van der Waals surface area contributed by atoms with Gasteiger partial charge in [-0.15, -0.1) is 0 Å². The van der Waals surface area contributed by atoms with Crippen LogP contribution in [0.2, 0.25) is 0 Å². The van der Waals surface area contributed by atoms with Crippen LogP contribution in [0.1, 0.15) is 70.2 Å². The molecule has 0 N–H and O–H groups in total. The van der Waals surface area contributed by atoms with Gasteiger partial charge in [0.1, 0.15) is 17.9 Å². The predicted molar refractivity (Wildman–Crippen MR) is 109 cm³/mol. The Bertz CT molecular complexity index is 1030. The molecule has 1 aliphatic heterocycles. The summed E-state index contributed by atoms with van der Waals surface area (Å²) in [5, 5.41) is 4.51. The van der Waals surface area contributed by atoms with E-state index >= 15 is 0 Å². The summed E-state index contributed by atoms with van der Waals surface area (Å²) in [7, 11) is 0. The van der Waals surface area contributed by atoms with Gasteiger partial charge < -0.3 is 14.2 Å². The van der Waals surface area contributed by atoms with Gasteiger partial charge in [-0.3, -0.25) is 14.4 Å². The summed E-state index contributed by atoms with van der Waals surface area (Å²) in [6.45, 7) is 14.1. The molecule has 29 heavy (non-hydrogen) atoms. The molecule has 8 heteroatoms. The number of aromatic nitrogens is 3. The highest BCUT2D eigenvalue weighted by Crippen LogP contribution is 2.28. The highest BCUT2D eigenvalue weighted by molar-refractivity contribution is 5.98. The first-order chi connectivity index (χ1) is 13.5. The van der Waals surface area contributed by atoms with E-state index in [2.05, 4.69) is 5.10 Å². The molecule has 3 rings (SSSR count). The number of carbonyl (C=O) groups excluding carboxylic acids is 2. The summed E-state index contributed by atoms with van der Waals surface area (Å²) in [4.78, 5) is 40.5. The number of hydrogen-bond acceptors (Lipinski definition) is 5. The lowest BCUT2D eigenvalue weighted by Crippen LogP contribution is -2.37. The molecule has 0 bridgehead atoms. The third-order valence-electron chi connectivity index (χ3n) is 5.58. The maximum atomic E-state index is 13.3. The second-order valence-corrected chi connectivity index (χ2v) is 8.99. The van der Waals surface area contributed by atoms with Gasteiger partial charge in [-0.25, -0.2) is 0 Å². The lowest BCUT2D eigenvalue weighted by Gasteiger charge is -2.27. The molecule has 158 valence electrons. The molecule has 8 nitrogen and oxygen atoms in total. The first-order valence-electron chi connectivity index (χ1n) is 10.1. The van der Waals surface area contributed by atoms with E-state index in [9.17, 15) is 14.4 Å². The third kappa shape index (κ3) is 3.56. The maximum absolute atomic E-state index is 13.3. The van der Waals surface area contributed by atoms with Crippen molar-refractivity contribution >= 4 is 17.5 Å². The fourth-order valence-corrected chi connectivity index (χ4v) is 3.54. The van der Waals surface area contributed by atoms with Gasteiger partial charge in [-0.05, 0) is 19.8 Å². The fraction of sp³-hybridized carbons (Fsp3) is 0.619. The summed E-state index contributed by atoms with van der Waals surface area (Å²) in [6.07, 6.45) is 0. The standard InChI is InChI=1S/C21H30N4O4/c1-8-29-17(26)11-24-16-9-15(21(5,6)7)22-25(16)19(27)14-10-23(13(4)12(2)3)20(28)18(14)24/h9,12-13H,8,10-11H2,1-7H3/t13-/m0/s1. The highest BCUT2D eigenvalue weighted by atomic mass is 16.5. The second-order valence-electron chi connectivity index (χ2n) is 8.99. The number of fused-ring (bicyclic) bond motifs is 2. The molecule has 0 fully saturated rings. The Morgan fingerprint density at radius 1 is 1.24 bits per heavy atom. The number of carbonyl (C=O) groups is 2. The Balaban J connectivity index is 2.26. The number of ether oxygens (including phenoxy) is 1. The van der Waals surface area contributed by atoms with Crippen LogP contribution in [0.5, 0.6) is 0 Å². The molecule has 0 aliphatic carbocycles. The molecule has 0 aromatic carbocycles. The summed E-state index contributed by atoms with van der Waals surface area (Å²) < 4.78 is 8.02. The number of amides is 1. The topological polar surface area (TPSA) is 85.9 Å². The van der Waals surface area contributed by atoms with E-state index < -0.39 is 5.97 Å². The molecule has 1 atom stereocenters. The summed E-state index contributed by atoms with van der Waals surface area (Å²) in [6, 6.07) is 1.74. The molecule has 0 saturated heterocycles. The molecule has 1 aliphatic rings. The minimum Gasteiger partial charge on any atom is -0.465 e. The van der Waals surface area contributed by atoms with Gasteiger partial charge in [-0.1, -0.05) is 34.6 Å². The molecule has 0 radical (unpaired) electrons. The van der Waals surface area contributed by atoms with Crippen molar-refractivity contribution in [2.75, 3.05) is 6.61 Å². The number of hydrogen-bond donors (Lipinski definition) is 0. The van der Waals surface area contributed by atoms with Gasteiger partial charge in [0.25, 0.3) is 11.5 Å². The van der Waals surface area contributed by atoms with Crippen molar-refractivity contribution in [1.82, 2.24) is 19.1 Å². The highest BCUT2D eigenvalue weighted by Gasteiger charge is 2.38. The average molecular weight is 402 g/mol. The molecular formula is C21H30N4O4. The van der Waals surface area contributed by atoms with E-state index in [4.69, 9.17) is 4.74 Å². The van der Waals surface area contributed by atoms with Gasteiger partial charge in [-0.2, -0.15) is 9.61 Å². The fourth-order valence-electron chi connectivity index (χ4n) is 3.54. The summed E-state index contributed by atoms with van der Waals surface area (Å²) >= 11 is 0. The Labute approximate surface area is 170 Å². The van der Waals surface area contributed by atoms with Crippen molar-refractivity contribution in [2.45, 2.75) is 73.0 Å². The minimum atomic E-state index is -0.457. The van der Waals surface area contributed by atoms with Crippen LogP contribution < -0.4 is 5.56 Å². The number of rotatable bonds is 5. The van der Waals surface area contributed by atoms with Gasteiger partial charge in [0.15, 0.2) is 0 Å². The van der Waals surface area contributed by atoms with E-state index in [-0.39, 0.29) is 54.2 Å². The van der Waals surface area contributed by atoms with E-state index in [1.807, 2.05) is 41.5 Å². The number of esters is 1. The van der Waals surface area contributed by atoms with Crippen molar-refractivity contribution < 1.29 is 14.3 Å². The third-order valence-corrected chi connectivity index (χ3v) is 5.58. The molecular weight excluding hydrogens is 372 g/mol. The van der Waals surface area contributed by atoms with Crippen LogP contribution in [0.15, 0.2) is 10.9 Å². The zero-order valence-corrected chi connectivity index (χ0v) is 18.3. The van der Waals surface area contributed by atoms with Gasteiger partial charge in [0.05, 0.1) is 24.4 Å². The normalized spacial score (nSPS) is 15.3. The largest absolute Gasteiger partial charge is 0.465 e. The zero-order chi connectivity index (χ0) is 21.7. The van der Waals surface area contributed by atoms with E-state index in [0.717, 1.165) is 5.69 Å². The van der Waals surface area contributed by atoms with Crippen LogP contribution in [-0.4, -0.2) is 43.6 Å². The van der Waals surface area contributed by atoms with Crippen molar-refractivity contribution in [3.05, 3.63) is 33.4 Å². The molecule has 0 spiro atoms. The molecule has 0 saturated carbocycles. The first-order valence-corrected chi connectivity index (χ1v) is 10.1. The predicted octanol–water partition coefficient (Wildman–Crippen LogP) is 2.36. The summed E-state index contributed by atoms with van der Waals surface area (Å²) in [5.41, 5.74) is 1.20. The van der Waals surface area contributed by atoms with Crippen LogP contribution in [0.3, 0.4) is 0 Å². The van der Waals surface area contributed by atoms with Gasteiger partial charge in [0.2, 0.25) is 0 Å². The van der Waals surface area contributed by atoms with Crippen molar-refractivity contribution in [1.29, 1.82) is 0 Å². The Hall–Kier alpha value is -2.64. The van der Waals surface area contributed by atoms with Crippen molar-refractivity contribution in [3.63, 3.8) is 0 Å². The van der Waals surface area contributed by atoms with Crippen LogP contribution in [-0.2, 0) is 28.0 Å². The Morgan fingerprint density at radius 2 is 1.90 bits per heavy atom. The first kappa shape index (κ1) is 21.1. The molecule has 1 amide bonds. The quantitative estimate of drug-likeness (QED) is 0.717. The van der Waals surface area contributed by atoms with Crippen LogP contribution >= 0.6 is 0 Å². The molecule has 2 aromatic rings. The molecule has 3 heterocycles. The lowest BCUT2D eigenvalue weighted by molar-refractivity contribution is -0.143. The van der Waals surface area contributed by atoms with Crippen LogP contribution in [0, 0.1) is 5.92 Å². The maximum Gasteiger partial charge on any atom is 0.326 e.